The van der Waals surface area contributed by atoms with Crippen molar-refractivity contribution in [3.63, 3.8) is 0 Å². The Balaban J connectivity index is 1.96. The van der Waals surface area contributed by atoms with Crippen molar-refractivity contribution in [2.75, 3.05) is 19.8 Å². The largest absolute Gasteiger partial charge is 0.486 e. The van der Waals surface area contributed by atoms with Crippen LogP contribution in [0.3, 0.4) is 0 Å². The van der Waals surface area contributed by atoms with E-state index in [1.807, 2.05) is 0 Å². The number of hydrogen-bond acceptors (Lipinski definition) is 5. The first kappa shape index (κ1) is 11.2. The Labute approximate surface area is 92.6 Å². The maximum Gasteiger partial charge on any atom is 0.227 e. The molecule has 1 N–H and O–H groups in total. The van der Waals surface area contributed by atoms with Crippen LogP contribution in [0.4, 0.5) is 0 Å². The molecule has 1 aromatic rings. The minimum absolute atomic E-state index is 0.184. The molecular weight excluding hydrogens is 212 g/mol. The van der Waals surface area contributed by atoms with Crippen molar-refractivity contribution in [2.45, 2.75) is 13.0 Å². The zero-order valence-corrected chi connectivity index (χ0v) is 8.85. The van der Waals surface area contributed by atoms with Gasteiger partial charge in [0.05, 0.1) is 13.2 Å². The fraction of sp³-hybridized carbons (Fsp3) is 0.545. The van der Waals surface area contributed by atoms with Crippen molar-refractivity contribution >= 4 is 0 Å². The predicted octanol–water partition coefficient (Wildman–Crippen LogP) is 0.547. The molecule has 2 rings (SSSR count). The zero-order chi connectivity index (χ0) is 11.4. The third kappa shape index (κ3) is 2.62. The highest BCUT2D eigenvalue weighted by Gasteiger charge is 2.17. The topological polar surface area (TPSA) is 68.9 Å². The van der Waals surface area contributed by atoms with Gasteiger partial charge in [0.25, 0.3) is 0 Å². The summed E-state index contributed by atoms with van der Waals surface area (Å²) in [7, 11) is 0. The van der Waals surface area contributed by atoms with Crippen molar-refractivity contribution < 1.29 is 19.0 Å². The third-order valence-electron chi connectivity index (χ3n) is 2.51. The smallest absolute Gasteiger partial charge is 0.227 e. The Morgan fingerprint density at radius 3 is 3.06 bits per heavy atom. The van der Waals surface area contributed by atoms with Gasteiger partial charge in [0, 0.05) is 18.6 Å². The molecule has 5 heteroatoms. The van der Waals surface area contributed by atoms with Crippen molar-refractivity contribution in [1.82, 2.24) is 0 Å². The van der Waals surface area contributed by atoms with E-state index in [4.69, 9.17) is 19.0 Å². The molecule has 0 spiro atoms. The molecule has 1 unspecified atom stereocenters. The van der Waals surface area contributed by atoms with Crippen LogP contribution in [0.15, 0.2) is 21.5 Å². The van der Waals surface area contributed by atoms with E-state index in [1.54, 1.807) is 0 Å². The Bertz CT molecular complexity index is 392. The molecule has 5 nitrogen and oxygen atoms in total. The number of aliphatic hydroxyl groups excluding tert-OH is 1. The van der Waals surface area contributed by atoms with Gasteiger partial charge in [0.1, 0.15) is 18.6 Å². The average Bonchev–Trinajstić information content (AvgIpc) is 2.80. The second kappa shape index (κ2) is 5.14. The number of hydrogen-bond donors (Lipinski definition) is 1. The molecule has 0 aromatic carbocycles. The van der Waals surface area contributed by atoms with Gasteiger partial charge in [-0.2, -0.15) is 0 Å². The lowest BCUT2D eigenvalue weighted by molar-refractivity contribution is 0.165. The van der Waals surface area contributed by atoms with Crippen LogP contribution in [0.5, 0.6) is 5.75 Å². The van der Waals surface area contributed by atoms with Crippen molar-refractivity contribution in [3.8, 4) is 5.75 Å². The van der Waals surface area contributed by atoms with Crippen LogP contribution < -0.4 is 10.2 Å². The van der Waals surface area contributed by atoms with Gasteiger partial charge in [0.15, 0.2) is 0 Å². The molecule has 1 aliphatic heterocycles. The van der Waals surface area contributed by atoms with Gasteiger partial charge in [-0.3, -0.25) is 4.79 Å². The van der Waals surface area contributed by atoms with Crippen molar-refractivity contribution in [1.29, 1.82) is 0 Å². The van der Waals surface area contributed by atoms with E-state index in [9.17, 15) is 4.79 Å². The number of rotatable bonds is 4. The highest BCUT2D eigenvalue weighted by molar-refractivity contribution is 5.17. The lowest BCUT2D eigenvalue weighted by atomic mass is 10.1. The summed E-state index contributed by atoms with van der Waals surface area (Å²) in [4.78, 5) is 11.5. The summed E-state index contributed by atoms with van der Waals surface area (Å²) in [5.41, 5.74) is -0.269. The zero-order valence-electron chi connectivity index (χ0n) is 8.85. The van der Waals surface area contributed by atoms with Crippen LogP contribution in [0.25, 0.3) is 0 Å². The Hall–Kier alpha value is -1.33. The second-order valence-electron chi connectivity index (χ2n) is 3.77. The van der Waals surface area contributed by atoms with E-state index < -0.39 is 0 Å². The minimum atomic E-state index is -0.286. The molecule has 0 amide bonds. The first-order chi connectivity index (χ1) is 7.79. The molecule has 0 aliphatic carbocycles. The molecule has 2 heterocycles. The highest BCUT2D eigenvalue weighted by Crippen LogP contribution is 2.14. The van der Waals surface area contributed by atoms with Crippen LogP contribution >= 0.6 is 0 Å². The van der Waals surface area contributed by atoms with Crippen LogP contribution in [-0.2, 0) is 11.3 Å². The van der Waals surface area contributed by atoms with E-state index in [0.717, 1.165) is 13.0 Å². The maximum absolute atomic E-state index is 11.5. The summed E-state index contributed by atoms with van der Waals surface area (Å²) in [5, 5.41) is 8.77. The molecule has 1 fully saturated rings. The normalized spacial score (nSPS) is 19.9. The van der Waals surface area contributed by atoms with Gasteiger partial charge in [0.2, 0.25) is 11.2 Å². The van der Waals surface area contributed by atoms with Gasteiger partial charge in [-0.25, -0.2) is 0 Å². The van der Waals surface area contributed by atoms with Gasteiger partial charge in [-0.05, 0) is 6.42 Å². The van der Waals surface area contributed by atoms with Crippen molar-refractivity contribution in [3.05, 3.63) is 28.3 Å². The van der Waals surface area contributed by atoms with Gasteiger partial charge in [-0.1, -0.05) is 0 Å². The second-order valence-corrected chi connectivity index (χ2v) is 3.77. The van der Waals surface area contributed by atoms with E-state index in [1.165, 1.54) is 12.3 Å². The third-order valence-corrected chi connectivity index (χ3v) is 2.51. The highest BCUT2D eigenvalue weighted by atomic mass is 16.5. The lowest BCUT2D eigenvalue weighted by Crippen LogP contribution is -2.15. The molecule has 0 saturated carbocycles. The SMILES string of the molecule is O=c1cc(CO)occ1OCC1CCOC1. The predicted molar refractivity (Wildman–Crippen MR) is 55.3 cm³/mol. The minimum Gasteiger partial charge on any atom is -0.486 e. The standard InChI is InChI=1S/C11H14O5/c12-4-9-3-10(13)11(7-15-9)16-6-8-1-2-14-5-8/h3,7-8,12H,1-2,4-6H2. The van der Waals surface area contributed by atoms with E-state index >= 15 is 0 Å². The molecule has 88 valence electrons. The molecule has 16 heavy (non-hydrogen) atoms. The summed E-state index contributed by atoms with van der Waals surface area (Å²) in [6.07, 6.45) is 2.20. The Kier molecular flexibility index (Phi) is 3.58. The first-order valence-corrected chi connectivity index (χ1v) is 5.22. The average molecular weight is 226 g/mol. The lowest BCUT2D eigenvalue weighted by Gasteiger charge is -2.09. The Morgan fingerprint density at radius 1 is 1.56 bits per heavy atom. The van der Waals surface area contributed by atoms with Crippen LogP contribution in [0.1, 0.15) is 12.2 Å². The van der Waals surface area contributed by atoms with Crippen molar-refractivity contribution in [2.24, 2.45) is 5.92 Å². The van der Waals surface area contributed by atoms with E-state index in [-0.39, 0.29) is 23.5 Å². The van der Waals surface area contributed by atoms with E-state index in [0.29, 0.717) is 19.1 Å². The molecule has 1 aliphatic rings. The van der Waals surface area contributed by atoms with Crippen LogP contribution in [0, 0.1) is 5.92 Å². The first-order valence-electron chi connectivity index (χ1n) is 5.22. The summed E-state index contributed by atoms with van der Waals surface area (Å²) in [5.74, 6) is 0.766. The fourth-order valence-electron chi connectivity index (χ4n) is 1.55. The fourth-order valence-corrected chi connectivity index (χ4v) is 1.55. The summed E-state index contributed by atoms with van der Waals surface area (Å²) >= 11 is 0. The summed E-state index contributed by atoms with van der Waals surface area (Å²) in [6, 6.07) is 1.24. The van der Waals surface area contributed by atoms with Gasteiger partial charge < -0.3 is 19.0 Å². The monoisotopic (exact) mass is 226 g/mol. The van der Waals surface area contributed by atoms with Gasteiger partial charge >= 0.3 is 0 Å². The van der Waals surface area contributed by atoms with Gasteiger partial charge in [-0.15, -0.1) is 0 Å². The molecule has 1 aromatic heterocycles. The van der Waals surface area contributed by atoms with E-state index in [2.05, 4.69) is 0 Å². The molecular formula is C11H14O5. The molecule has 0 bridgehead atoms. The summed E-state index contributed by atoms with van der Waals surface area (Å²) < 4.78 is 15.5. The molecule has 1 atom stereocenters. The van der Waals surface area contributed by atoms with Crippen LogP contribution in [0.2, 0.25) is 0 Å². The Morgan fingerprint density at radius 2 is 2.44 bits per heavy atom. The quantitative estimate of drug-likeness (QED) is 0.811. The summed E-state index contributed by atoms with van der Waals surface area (Å²) in [6.45, 7) is 1.61. The maximum atomic E-state index is 11.5. The number of ether oxygens (including phenoxy) is 2. The number of aliphatic hydroxyl groups is 1. The van der Waals surface area contributed by atoms with Crippen LogP contribution in [-0.4, -0.2) is 24.9 Å². The molecule has 1 saturated heterocycles. The molecule has 0 radical (unpaired) electrons.